The van der Waals surface area contributed by atoms with E-state index < -0.39 is 0 Å². The van der Waals surface area contributed by atoms with Crippen LogP contribution in [-0.4, -0.2) is 50.3 Å². The molecule has 2 atom stereocenters. The molecule has 0 aliphatic carbocycles. The third-order valence-corrected chi connectivity index (χ3v) is 3.12. The number of carbonyl (C=O) groups is 1. The molecule has 3 N–H and O–H groups in total. The maximum atomic E-state index is 11.8. The van der Waals surface area contributed by atoms with Crippen LogP contribution in [0.3, 0.4) is 0 Å². The predicted molar refractivity (Wildman–Crippen MR) is 67.8 cm³/mol. The Kier molecular flexibility index (Phi) is 6.29. The number of nitrogens with one attached hydrogen (secondary N) is 1. The van der Waals surface area contributed by atoms with E-state index in [1.54, 1.807) is 7.11 Å². The van der Waals surface area contributed by atoms with Crippen molar-refractivity contribution >= 4 is 6.03 Å². The maximum absolute atomic E-state index is 11.8. The van der Waals surface area contributed by atoms with Gasteiger partial charge in [-0.15, -0.1) is 0 Å². The van der Waals surface area contributed by atoms with E-state index in [-0.39, 0.29) is 12.1 Å². The van der Waals surface area contributed by atoms with Crippen molar-refractivity contribution in [3.63, 3.8) is 0 Å². The number of rotatable bonds is 5. The fraction of sp³-hybridized carbons (Fsp3) is 0.917. The number of methoxy groups -OCH3 is 1. The lowest BCUT2D eigenvalue weighted by Gasteiger charge is -2.31. The molecule has 1 aliphatic rings. The fourth-order valence-corrected chi connectivity index (χ4v) is 2.15. The van der Waals surface area contributed by atoms with Crippen molar-refractivity contribution in [2.24, 2.45) is 11.7 Å². The van der Waals surface area contributed by atoms with E-state index in [2.05, 4.69) is 12.2 Å². The Balaban J connectivity index is 2.16. The van der Waals surface area contributed by atoms with E-state index in [1.807, 2.05) is 4.90 Å². The second kappa shape index (κ2) is 7.50. The van der Waals surface area contributed by atoms with Crippen LogP contribution in [-0.2, 0) is 4.74 Å². The molecule has 0 saturated carbocycles. The Labute approximate surface area is 104 Å². The Bertz CT molecular complexity index is 236. The Hall–Kier alpha value is -0.810. The number of piperidine rings is 1. The van der Waals surface area contributed by atoms with Crippen LogP contribution in [0.2, 0.25) is 0 Å². The third kappa shape index (κ3) is 5.37. The van der Waals surface area contributed by atoms with Crippen LogP contribution >= 0.6 is 0 Å². The first-order valence-corrected chi connectivity index (χ1v) is 6.40. The molecule has 0 bridgehead atoms. The highest BCUT2D eigenvalue weighted by Gasteiger charge is 2.20. The van der Waals surface area contributed by atoms with Crippen molar-refractivity contribution in [2.75, 3.05) is 33.4 Å². The standard InChI is InChI=1S/C12H25N3O2/c1-10-4-3-7-15(8-10)12(16)14-6-5-11(13)9-17-2/h10-11H,3-9,13H2,1-2H3,(H,14,16). The van der Waals surface area contributed by atoms with Gasteiger partial charge in [-0.3, -0.25) is 0 Å². The lowest BCUT2D eigenvalue weighted by molar-refractivity contribution is 0.165. The monoisotopic (exact) mass is 243 g/mol. The number of nitrogens with zero attached hydrogens (tertiary/aromatic N) is 1. The molecule has 1 rings (SSSR count). The van der Waals surface area contributed by atoms with Crippen molar-refractivity contribution < 1.29 is 9.53 Å². The molecule has 2 unspecified atom stereocenters. The lowest BCUT2D eigenvalue weighted by Crippen LogP contribution is -2.46. The smallest absolute Gasteiger partial charge is 0.317 e. The summed E-state index contributed by atoms with van der Waals surface area (Å²) in [6.45, 7) is 5.09. The molecular formula is C12H25N3O2. The number of carbonyl (C=O) groups excluding carboxylic acids is 1. The normalized spacial score (nSPS) is 22.3. The van der Waals surface area contributed by atoms with Gasteiger partial charge in [0.15, 0.2) is 0 Å². The van der Waals surface area contributed by atoms with Crippen LogP contribution in [0.25, 0.3) is 0 Å². The molecule has 0 radical (unpaired) electrons. The van der Waals surface area contributed by atoms with Crippen molar-refractivity contribution in [1.29, 1.82) is 0 Å². The van der Waals surface area contributed by atoms with Gasteiger partial charge in [0, 0.05) is 32.8 Å². The van der Waals surface area contributed by atoms with Gasteiger partial charge in [0.25, 0.3) is 0 Å². The molecule has 5 heteroatoms. The molecule has 0 aromatic heterocycles. The number of ether oxygens (including phenoxy) is 1. The minimum atomic E-state index is 0.000537. The van der Waals surface area contributed by atoms with Crippen LogP contribution in [0.5, 0.6) is 0 Å². The minimum absolute atomic E-state index is 0.000537. The molecule has 2 amide bonds. The van der Waals surface area contributed by atoms with Gasteiger partial charge in [-0.05, 0) is 25.2 Å². The number of urea groups is 1. The average molecular weight is 243 g/mol. The van der Waals surface area contributed by atoms with Crippen LogP contribution in [0.1, 0.15) is 26.2 Å². The highest BCUT2D eigenvalue weighted by Crippen LogP contribution is 2.15. The fourth-order valence-electron chi connectivity index (χ4n) is 2.15. The molecule has 17 heavy (non-hydrogen) atoms. The van der Waals surface area contributed by atoms with E-state index in [9.17, 15) is 4.79 Å². The van der Waals surface area contributed by atoms with E-state index in [0.717, 1.165) is 25.9 Å². The highest BCUT2D eigenvalue weighted by atomic mass is 16.5. The van der Waals surface area contributed by atoms with Crippen molar-refractivity contribution in [2.45, 2.75) is 32.2 Å². The Morgan fingerprint density at radius 3 is 3.06 bits per heavy atom. The van der Waals surface area contributed by atoms with Gasteiger partial charge < -0.3 is 20.7 Å². The zero-order valence-electron chi connectivity index (χ0n) is 10.9. The topological polar surface area (TPSA) is 67.6 Å². The number of hydrogen-bond acceptors (Lipinski definition) is 3. The molecule has 1 heterocycles. The lowest BCUT2D eigenvalue weighted by atomic mass is 10.0. The first-order chi connectivity index (χ1) is 8.13. The summed E-state index contributed by atoms with van der Waals surface area (Å²) in [6, 6.07) is 0.0433. The van der Waals surface area contributed by atoms with Crippen LogP contribution in [0.15, 0.2) is 0 Å². The Morgan fingerprint density at radius 1 is 1.65 bits per heavy atom. The molecule has 1 saturated heterocycles. The zero-order chi connectivity index (χ0) is 12.7. The van der Waals surface area contributed by atoms with Gasteiger partial charge in [0.2, 0.25) is 0 Å². The summed E-state index contributed by atoms with van der Waals surface area (Å²) in [6.07, 6.45) is 3.09. The van der Waals surface area contributed by atoms with Gasteiger partial charge in [-0.2, -0.15) is 0 Å². The highest BCUT2D eigenvalue weighted by molar-refractivity contribution is 5.74. The van der Waals surface area contributed by atoms with Gasteiger partial charge >= 0.3 is 6.03 Å². The number of likely N-dealkylation sites (tertiary alicyclic amines) is 1. The summed E-state index contributed by atoms with van der Waals surface area (Å²) >= 11 is 0. The van der Waals surface area contributed by atoms with Crippen LogP contribution in [0, 0.1) is 5.92 Å². The number of amides is 2. The number of nitrogens with two attached hydrogens (primary N) is 1. The quantitative estimate of drug-likeness (QED) is 0.750. The van der Waals surface area contributed by atoms with E-state index >= 15 is 0 Å². The molecule has 1 aliphatic heterocycles. The predicted octanol–water partition coefficient (Wildman–Crippen LogP) is 0.792. The molecule has 0 aromatic rings. The van der Waals surface area contributed by atoms with Crippen LogP contribution < -0.4 is 11.1 Å². The molecule has 0 spiro atoms. The molecule has 100 valence electrons. The van der Waals surface area contributed by atoms with Crippen molar-refractivity contribution in [1.82, 2.24) is 10.2 Å². The van der Waals surface area contributed by atoms with E-state index in [1.165, 1.54) is 6.42 Å². The first kappa shape index (κ1) is 14.3. The summed E-state index contributed by atoms with van der Waals surface area (Å²) in [4.78, 5) is 13.7. The minimum Gasteiger partial charge on any atom is -0.383 e. The Morgan fingerprint density at radius 2 is 2.41 bits per heavy atom. The first-order valence-electron chi connectivity index (χ1n) is 6.40. The zero-order valence-corrected chi connectivity index (χ0v) is 10.9. The molecule has 0 aromatic carbocycles. The van der Waals surface area contributed by atoms with Gasteiger partial charge in [-0.1, -0.05) is 6.92 Å². The SMILES string of the molecule is COCC(N)CCNC(=O)N1CCCC(C)C1. The van der Waals surface area contributed by atoms with Gasteiger partial charge in [0.1, 0.15) is 0 Å². The molecular weight excluding hydrogens is 218 g/mol. The average Bonchev–Trinajstić information content (AvgIpc) is 2.29. The second-order valence-electron chi connectivity index (χ2n) is 4.93. The summed E-state index contributed by atoms with van der Waals surface area (Å²) < 4.78 is 4.94. The van der Waals surface area contributed by atoms with Crippen molar-refractivity contribution in [3.05, 3.63) is 0 Å². The van der Waals surface area contributed by atoms with Gasteiger partial charge in [-0.25, -0.2) is 4.79 Å². The maximum Gasteiger partial charge on any atom is 0.317 e. The summed E-state index contributed by atoms with van der Waals surface area (Å²) in [7, 11) is 1.63. The van der Waals surface area contributed by atoms with Crippen molar-refractivity contribution in [3.8, 4) is 0 Å². The summed E-state index contributed by atoms with van der Waals surface area (Å²) in [5.74, 6) is 0.616. The van der Waals surface area contributed by atoms with Gasteiger partial charge in [0.05, 0.1) is 6.61 Å². The number of hydrogen-bond donors (Lipinski definition) is 2. The van der Waals surface area contributed by atoms with E-state index in [4.69, 9.17) is 10.5 Å². The second-order valence-corrected chi connectivity index (χ2v) is 4.93. The molecule has 5 nitrogen and oxygen atoms in total. The van der Waals surface area contributed by atoms with Crippen LogP contribution in [0.4, 0.5) is 4.79 Å². The third-order valence-electron chi connectivity index (χ3n) is 3.12. The summed E-state index contributed by atoms with van der Waals surface area (Å²) in [5, 5.41) is 2.91. The summed E-state index contributed by atoms with van der Waals surface area (Å²) in [5.41, 5.74) is 5.78. The van der Waals surface area contributed by atoms with E-state index in [0.29, 0.717) is 19.1 Å². The largest absolute Gasteiger partial charge is 0.383 e. The molecule has 1 fully saturated rings.